The summed E-state index contributed by atoms with van der Waals surface area (Å²) in [5, 5.41) is 23.0. The van der Waals surface area contributed by atoms with Crippen molar-refractivity contribution in [1.82, 2.24) is 0 Å². The summed E-state index contributed by atoms with van der Waals surface area (Å²) in [5.74, 6) is -6.14. The van der Waals surface area contributed by atoms with Crippen molar-refractivity contribution < 1.29 is 42.6 Å². The number of carbonyl (C=O) groups is 2. The number of unbranched alkanes of at least 4 members (excludes halogenated alkanes) is 1. The highest BCUT2D eigenvalue weighted by Gasteiger charge is 2.51. The molecule has 0 aromatic heterocycles. The fourth-order valence-corrected chi connectivity index (χ4v) is 5.36. The monoisotopic (exact) mass is 552 g/mol. The average molecular weight is 553 g/mol. The molecule has 0 saturated heterocycles. The Kier molecular flexibility index (Phi) is 24.3. The Balaban J connectivity index is -0.000000670. The number of hydrogen-bond donors (Lipinski definition) is 3. The standard InChI is InChI=1S/C15H26O7S.2C6H15N/c1-4-7-8-11(6-3)10-12(13(16)17)15(9-5-2,14(18)19)23(20,21)22;2*1-4-7(5-2)6-3/h5,11-12H,2,4,6-10H2,1,3H3,(H,16,17)(H,18,19)(H,20,21,22);2*4-6H2,1-3H3. The maximum absolute atomic E-state index is 11.7. The van der Waals surface area contributed by atoms with Gasteiger partial charge in [0.05, 0.1) is 45.2 Å². The van der Waals surface area contributed by atoms with E-state index in [1.807, 2.05) is 6.92 Å². The highest BCUT2D eigenvalue weighted by Crippen LogP contribution is 2.36. The van der Waals surface area contributed by atoms with Gasteiger partial charge in [0.25, 0.3) is 10.1 Å². The van der Waals surface area contributed by atoms with Gasteiger partial charge in [-0.1, -0.05) is 45.6 Å². The maximum Gasteiger partial charge on any atom is 0.277 e. The van der Waals surface area contributed by atoms with Crippen LogP contribution in [0.1, 0.15) is 93.9 Å². The van der Waals surface area contributed by atoms with Crippen LogP contribution in [-0.2, 0) is 19.7 Å². The van der Waals surface area contributed by atoms with Crippen LogP contribution in [-0.4, -0.2) is 68.9 Å². The zero-order chi connectivity index (χ0) is 29.7. The lowest BCUT2D eigenvalue weighted by Gasteiger charge is -2.40. The Bertz CT molecular complexity index is 685. The number of carbonyl (C=O) groups excluding carboxylic acids is 2. The fraction of sp³-hybridized carbons (Fsp3) is 0.852. The van der Waals surface area contributed by atoms with E-state index in [2.05, 4.69) is 48.1 Å². The number of quaternary nitrogens is 2. The molecule has 37 heavy (non-hydrogen) atoms. The summed E-state index contributed by atoms with van der Waals surface area (Å²) in [6.07, 6.45) is 2.75. The Morgan fingerprint density at radius 1 is 0.892 bits per heavy atom. The van der Waals surface area contributed by atoms with Gasteiger partial charge in [0.15, 0.2) is 0 Å². The molecule has 0 aliphatic rings. The molecule has 0 bridgehead atoms. The van der Waals surface area contributed by atoms with E-state index in [9.17, 15) is 32.8 Å². The van der Waals surface area contributed by atoms with Crippen LogP contribution in [0.25, 0.3) is 0 Å². The molecule has 0 aliphatic carbocycles. The van der Waals surface area contributed by atoms with Crippen molar-refractivity contribution in [3.05, 3.63) is 12.7 Å². The van der Waals surface area contributed by atoms with Gasteiger partial charge in [-0.15, -0.1) is 6.58 Å². The molecule has 0 fully saturated rings. The van der Waals surface area contributed by atoms with Gasteiger partial charge in [-0.3, -0.25) is 4.55 Å². The van der Waals surface area contributed by atoms with Gasteiger partial charge in [-0.25, -0.2) is 0 Å². The molecule has 0 amide bonds. The van der Waals surface area contributed by atoms with Gasteiger partial charge >= 0.3 is 0 Å². The molecular formula is C27H56N2O7S. The molecule has 3 atom stereocenters. The van der Waals surface area contributed by atoms with Gasteiger partial charge in [-0.05, 0) is 60.3 Å². The lowest BCUT2D eigenvalue weighted by Crippen LogP contribution is -3.11. The van der Waals surface area contributed by atoms with E-state index in [4.69, 9.17) is 0 Å². The SMILES string of the molecule is C=CCC(C(=O)[O-])(C(CC(CC)CCCC)C(=O)[O-])S(=O)(=O)O.CC[NH+](CC)CC.CC[NH+](CC)CC. The van der Waals surface area contributed by atoms with Crippen molar-refractivity contribution in [2.75, 3.05) is 39.3 Å². The first-order valence-electron chi connectivity index (χ1n) is 13.9. The van der Waals surface area contributed by atoms with Crippen LogP contribution in [0.4, 0.5) is 0 Å². The van der Waals surface area contributed by atoms with Crippen LogP contribution in [0.5, 0.6) is 0 Å². The second-order valence-corrected chi connectivity index (χ2v) is 11.0. The van der Waals surface area contributed by atoms with Crippen molar-refractivity contribution in [3.8, 4) is 0 Å². The van der Waals surface area contributed by atoms with E-state index in [0.717, 1.165) is 18.9 Å². The molecule has 0 spiro atoms. The minimum Gasteiger partial charge on any atom is -0.550 e. The molecule has 0 rings (SSSR count). The Hall–Kier alpha value is -1.49. The molecule has 9 nitrogen and oxygen atoms in total. The van der Waals surface area contributed by atoms with Crippen LogP contribution in [0.15, 0.2) is 12.7 Å². The molecule has 222 valence electrons. The van der Waals surface area contributed by atoms with Crippen molar-refractivity contribution in [3.63, 3.8) is 0 Å². The molecule has 0 radical (unpaired) electrons. The van der Waals surface area contributed by atoms with Crippen LogP contribution >= 0.6 is 0 Å². The van der Waals surface area contributed by atoms with E-state index in [1.165, 1.54) is 39.3 Å². The third-order valence-electron chi connectivity index (χ3n) is 7.21. The van der Waals surface area contributed by atoms with Crippen molar-refractivity contribution in [1.29, 1.82) is 0 Å². The number of carboxylic acids is 2. The van der Waals surface area contributed by atoms with Gasteiger partial charge in [-0.2, -0.15) is 8.42 Å². The molecule has 0 saturated carbocycles. The highest BCUT2D eigenvalue weighted by atomic mass is 32.2. The number of allylic oxidation sites excluding steroid dienone is 1. The molecule has 0 aromatic rings. The Morgan fingerprint density at radius 2 is 1.30 bits per heavy atom. The van der Waals surface area contributed by atoms with E-state index in [-0.39, 0.29) is 12.3 Å². The molecule has 0 heterocycles. The van der Waals surface area contributed by atoms with E-state index in [0.29, 0.717) is 12.8 Å². The number of hydrogen-bond acceptors (Lipinski definition) is 6. The number of aliphatic carboxylic acids is 2. The first-order chi connectivity index (χ1) is 17.3. The largest absolute Gasteiger partial charge is 0.550 e. The zero-order valence-corrected chi connectivity index (χ0v) is 25.5. The lowest BCUT2D eigenvalue weighted by molar-refractivity contribution is -0.894. The predicted molar refractivity (Wildman–Crippen MR) is 146 cm³/mol. The number of nitrogens with one attached hydrogen (secondary N) is 2. The third kappa shape index (κ3) is 14.9. The first kappa shape index (κ1) is 40.0. The van der Waals surface area contributed by atoms with E-state index in [1.54, 1.807) is 16.7 Å². The van der Waals surface area contributed by atoms with Crippen molar-refractivity contribution >= 4 is 22.1 Å². The van der Waals surface area contributed by atoms with Crippen LogP contribution in [0, 0.1) is 11.8 Å². The molecular weight excluding hydrogens is 496 g/mol. The van der Waals surface area contributed by atoms with Crippen LogP contribution in [0.3, 0.4) is 0 Å². The average Bonchev–Trinajstić information content (AvgIpc) is 2.85. The molecule has 10 heteroatoms. The normalized spacial score (nSPS) is 14.5. The molecule has 0 aliphatic heterocycles. The summed E-state index contributed by atoms with van der Waals surface area (Å²) in [6.45, 7) is 28.0. The summed E-state index contributed by atoms with van der Waals surface area (Å²) in [6, 6.07) is 0. The molecule has 3 unspecified atom stereocenters. The van der Waals surface area contributed by atoms with Crippen LogP contribution < -0.4 is 20.0 Å². The topological polar surface area (TPSA) is 144 Å². The lowest BCUT2D eigenvalue weighted by atomic mass is 9.79. The first-order valence-corrected chi connectivity index (χ1v) is 15.4. The third-order valence-corrected chi connectivity index (χ3v) is 8.75. The van der Waals surface area contributed by atoms with Gasteiger partial charge in [0.2, 0.25) is 0 Å². The van der Waals surface area contributed by atoms with Gasteiger partial charge in [0.1, 0.15) is 4.75 Å². The summed E-state index contributed by atoms with van der Waals surface area (Å²) >= 11 is 0. The number of rotatable bonds is 18. The minimum atomic E-state index is -5.26. The quantitative estimate of drug-likeness (QED) is 0.157. The fourth-order valence-electron chi connectivity index (χ4n) is 4.26. The smallest absolute Gasteiger partial charge is 0.277 e. The summed E-state index contributed by atoms with van der Waals surface area (Å²) < 4.78 is 29.9. The highest BCUT2D eigenvalue weighted by molar-refractivity contribution is 7.88. The minimum absolute atomic E-state index is 0.205. The number of carboxylic acid groups (broad SMARTS) is 2. The zero-order valence-electron chi connectivity index (χ0n) is 24.7. The molecule has 0 aromatic carbocycles. The van der Waals surface area contributed by atoms with Crippen molar-refractivity contribution in [2.45, 2.75) is 98.7 Å². The second kappa shape index (κ2) is 22.5. The second-order valence-electron chi connectivity index (χ2n) is 9.29. The molecule has 3 N–H and O–H groups in total. The van der Waals surface area contributed by atoms with E-state index >= 15 is 0 Å². The van der Waals surface area contributed by atoms with Crippen molar-refractivity contribution in [2.24, 2.45) is 11.8 Å². The van der Waals surface area contributed by atoms with Gasteiger partial charge in [0, 0.05) is 11.9 Å². The van der Waals surface area contributed by atoms with Gasteiger partial charge < -0.3 is 29.6 Å². The Labute approximate surface area is 227 Å². The van der Waals surface area contributed by atoms with E-state index < -0.39 is 39.1 Å². The summed E-state index contributed by atoms with van der Waals surface area (Å²) in [4.78, 5) is 26.3. The summed E-state index contributed by atoms with van der Waals surface area (Å²) in [5.41, 5.74) is 0. The van der Waals surface area contributed by atoms with Crippen LogP contribution in [0.2, 0.25) is 0 Å². The maximum atomic E-state index is 11.7. The summed E-state index contributed by atoms with van der Waals surface area (Å²) in [7, 11) is -5.26. The Morgan fingerprint density at radius 3 is 1.49 bits per heavy atom. The predicted octanol–water partition coefficient (Wildman–Crippen LogP) is -0.226.